The number of carbonyl (C=O) groups excluding carboxylic acids is 2. The van der Waals surface area contributed by atoms with Gasteiger partial charge in [-0.1, -0.05) is 24.3 Å². The molecule has 0 saturated heterocycles. The molecule has 2 aliphatic carbocycles. The summed E-state index contributed by atoms with van der Waals surface area (Å²) in [5.74, 6) is 0.0163. The summed E-state index contributed by atoms with van der Waals surface area (Å²) in [5, 5.41) is 0. The molecule has 3 rings (SSSR count). The monoisotopic (exact) mass is 358 g/mol. The number of amides is 2. The molecule has 1 aromatic carbocycles. The number of nitrogens with zero attached hydrogens (tertiary/aromatic N) is 2. The van der Waals surface area contributed by atoms with Crippen molar-refractivity contribution in [3.8, 4) is 0 Å². The average molecular weight is 358 g/mol. The molecule has 26 heavy (non-hydrogen) atoms. The van der Waals surface area contributed by atoms with Crippen LogP contribution in [-0.2, 0) is 16.0 Å². The van der Waals surface area contributed by atoms with Crippen molar-refractivity contribution >= 4 is 12.0 Å². The van der Waals surface area contributed by atoms with Crippen LogP contribution < -0.4 is 0 Å². The molecule has 0 N–H and O–H groups in total. The van der Waals surface area contributed by atoms with Crippen molar-refractivity contribution < 1.29 is 14.3 Å². The summed E-state index contributed by atoms with van der Waals surface area (Å²) in [7, 11) is 1.63. The van der Waals surface area contributed by atoms with Crippen LogP contribution in [-0.4, -0.2) is 47.0 Å². The van der Waals surface area contributed by atoms with Crippen LogP contribution in [0.5, 0.6) is 0 Å². The third-order valence-corrected chi connectivity index (χ3v) is 4.98. The molecule has 0 aromatic heterocycles. The number of hydrogen-bond donors (Lipinski definition) is 0. The van der Waals surface area contributed by atoms with Crippen LogP contribution in [0.3, 0.4) is 0 Å². The fraction of sp³-hybridized carbons (Fsp3) is 0.619. The lowest BCUT2D eigenvalue weighted by molar-refractivity contribution is -0.135. The number of aryl methyl sites for hydroxylation is 1. The smallest absolute Gasteiger partial charge is 0.410 e. The minimum atomic E-state index is -0.563. The van der Waals surface area contributed by atoms with Gasteiger partial charge in [-0.3, -0.25) is 4.79 Å². The summed E-state index contributed by atoms with van der Waals surface area (Å²) in [6.07, 6.45) is 4.83. The van der Waals surface area contributed by atoms with E-state index in [0.717, 1.165) is 32.1 Å². The van der Waals surface area contributed by atoms with Crippen LogP contribution in [0.2, 0.25) is 0 Å². The second-order valence-corrected chi connectivity index (χ2v) is 8.48. The van der Waals surface area contributed by atoms with Gasteiger partial charge in [0, 0.05) is 13.1 Å². The maximum absolute atomic E-state index is 13.1. The highest BCUT2D eigenvalue weighted by Crippen LogP contribution is 2.40. The molecule has 0 radical (unpaired) electrons. The van der Waals surface area contributed by atoms with Crippen molar-refractivity contribution in [1.29, 1.82) is 0 Å². The number of carbonyl (C=O) groups is 2. The second-order valence-electron chi connectivity index (χ2n) is 8.48. The van der Waals surface area contributed by atoms with E-state index in [-0.39, 0.29) is 18.5 Å². The zero-order valence-corrected chi connectivity index (χ0v) is 16.3. The summed E-state index contributed by atoms with van der Waals surface area (Å²) >= 11 is 0. The van der Waals surface area contributed by atoms with Crippen molar-refractivity contribution in [2.45, 2.75) is 70.6 Å². The summed E-state index contributed by atoms with van der Waals surface area (Å²) in [6, 6.07) is 8.89. The van der Waals surface area contributed by atoms with E-state index in [1.807, 2.05) is 25.7 Å². The molecule has 2 aliphatic rings. The van der Waals surface area contributed by atoms with Crippen molar-refractivity contribution in [3.63, 3.8) is 0 Å². The van der Waals surface area contributed by atoms with Gasteiger partial charge < -0.3 is 14.5 Å². The summed E-state index contributed by atoms with van der Waals surface area (Å²) in [4.78, 5) is 28.7. The number of benzene rings is 1. The van der Waals surface area contributed by atoms with Crippen LogP contribution >= 0.6 is 0 Å². The maximum Gasteiger partial charge on any atom is 0.410 e. The highest BCUT2D eigenvalue weighted by Gasteiger charge is 2.40. The molecule has 1 saturated carbocycles. The largest absolute Gasteiger partial charge is 0.444 e. The molecule has 5 heteroatoms. The van der Waals surface area contributed by atoms with Gasteiger partial charge in [-0.05, 0) is 64.0 Å². The van der Waals surface area contributed by atoms with E-state index in [2.05, 4.69) is 24.3 Å². The predicted molar refractivity (Wildman–Crippen MR) is 101 cm³/mol. The molecule has 1 aromatic rings. The van der Waals surface area contributed by atoms with E-state index < -0.39 is 11.7 Å². The second kappa shape index (κ2) is 7.29. The highest BCUT2D eigenvalue weighted by atomic mass is 16.6. The Morgan fingerprint density at radius 1 is 1.15 bits per heavy atom. The van der Waals surface area contributed by atoms with Gasteiger partial charge in [0.2, 0.25) is 5.91 Å². The molecule has 0 aliphatic heterocycles. The van der Waals surface area contributed by atoms with Crippen molar-refractivity contribution in [1.82, 2.24) is 9.80 Å². The first-order chi connectivity index (χ1) is 12.3. The Morgan fingerprint density at radius 3 is 2.50 bits per heavy atom. The van der Waals surface area contributed by atoms with Gasteiger partial charge in [0.05, 0.1) is 6.04 Å². The van der Waals surface area contributed by atoms with E-state index in [1.165, 1.54) is 16.0 Å². The minimum Gasteiger partial charge on any atom is -0.444 e. The van der Waals surface area contributed by atoms with Crippen LogP contribution in [0.15, 0.2) is 24.3 Å². The van der Waals surface area contributed by atoms with E-state index in [0.29, 0.717) is 6.04 Å². The number of ether oxygens (including phenoxy) is 1. The van der Waals surface area contributed by atoms with Crippen molar-refractivity contribution in [3.05, 3.63) is 35.4 Å². The van der Waals surface area contributed by atoms with Gasteiger partial charge in [-0.15, -0.1) is 0 Å². The molecule has 1 fully saturated rings. The average Bonchev–Trinajstić information content (AvgIpc) is 3.38. The van der Waals surface area contributed by atoms with Crippen LogP contribution in [0.1, 0.15) is 63.6 Å². The van der Waals surface area contributed by atoms with Gasteiger partial charge in [-0.25, -0.2) is 4.79 Å². The molecule has 0 spiro atoms. The molecule has 2 amide bonds. The first-order valence-electron chi connectivity index (χ1n) is 9.59. The molecule has 1 atom stereocenters. The Labute approximate surface area is 156 Å². The van der Waals surface area contributed by atoms with E-state index in [9.17, 15) is 9.59 Å². The lowest BCUT2D eigenvalue weighted by atomic mass is 9.86. The van der Waals surface area contributed by atoms with E-state index in [4.69, 9.17) is 4.74 Å². The lowest BCUT2D eigenvalue weighted by Crippen LogP contribution is -2.45. The normalized spacial score (nSPS) is 19.5. The Bertz CT molecular complexity index is 676. The summed E-state index contributed by atoms with van der Waals surface area (Å²) in [6.45, 7) is 5.55. The van der Waals surface area contributed by atoms with Gasteiger partial charge >= 0.3 is 6.09 Å². The maximum atomic E-state index is 13.1. The number of likely N-dealkylation sites (N-methyl/N-ethyl adjacent to an activating group) is 1. The first kappa shape index (κ1) is 18.7. The molecule has 1 unspecified atom stereocenters. The molecular weight excluding hydrogens is 328 g/mol. The zero-order chi connectivity index (χ0) is 18.9. The van der Waals surface area contributed by atoms with Crippen molar-refractivity contribution in [2.75, 3.05) is 13.6 Å². The lowest BCUT2D eigenvalue weighted by Gasteiger charge is -2.37. The molecule has 5 nitrogen and oxygen atoms in total. The fourth-order valence-corrected chi connectivity index (χ4v) is 3.69. The zero-order valence-electron chi connectivity index (χ0n) is 16.3. The number of hydrogen-bond acceptors (Lipinski definition) is 3. The fourth-order valence-electron chi connectivity index (χ4n) is 3.69. The molecular formula is C21H30N2O3. The third kappa shape index (κ3) is 4.37. The number of rotatable bonds is 4. The van der Waals surface area contributed by atoms with Gasteiger partial charge in [0.1, 0.15) is 12.1 Å². The quantitative estimate of drug-likeness (QED) is 0.820. The Kier molecular flexibility index (Phi) is 5.26. The SMILES string of the molecule is CN(CC(=O)N(C1CC1)C1CCCc2ccccc21)C(=O)OC(C)(C)C. The van der Waals surface area contributed by atoms with Crippen LogP contribution in [0, 0.1) is 0 Å². The van der Waals surface area contributed by atoms with E-state index in [1.54, 1.807) is 7.05 Å². The third-order valence-electron chi connectivity index (χ3n) is 4.98. The Balaban J connectivity index is 1.73. The number of fused-ring (bicyclic) bond motifs is 1. The molecule has 142 valence electrons. The topological polar surface area (TPSA) is 49.9 Å². The van der Waals surface area contributed by atoms with Gasteiger partial charge in [-0.2, -0.15) is 0 Å². The summed E-state index contributed by atoms with van der Waals surface area (Å²) in [5.41, 5.74) is 2.06. The standard InChI is InChI=1S/C21H30N2O3/c1-21(2,3)26-20(25)22(4)14-19(24)23(16-12-13-16)18-11-7-9-15-8-5-6-10-17(15)18/h5-6,8,10,16,18H,7,9,11-14H2,1-4H3. The first-order valence-corrected chi connectivity index (χ1v) is 9.59. The van der Waals surface area contributed by atoms with Gasteiger partial charge in [0.25, 0.3) is 0 Å². The minimum absolute atomic E-state index is 0.0163. The Morgan fingerprint density at radius 2 is 1.85 bits per heavy atom. The molecule has 0 bridgehead atoms. The predicted octanol–water partition coefficient (Wildman–Crippen LogP) is 3.92. The molecule has 0 heterocycles. The van der Waals surface area contributed by atoms with Crippen LogP contribution in [0.4, 0.5) is 4.79 Å². The van der Waals surface area contributed by atoms with E-state index >= 15 is 0 Å². The van der Waals surface area contributed by atoms with Crippen molar-refractivity contribution in [2.24, 2.45) is 0 Å². The van der Waals surface area contributed by atoms with Gasteiger partial charge in [0.15, 0.2) is 0 Å². The highest BCUT2D eigenvalue weighted by molar-refractivity contribution is 5.83. The summed E-state index contributed by atoms with van der Waals surface area (Å²) < 4.78 is 5.37. The Hall–Kier alpha value is -2.04. The van der Waals surface area contributed by atoms with Crippen LogP contribution in [0.25, 0.3) is 0 Å².